The van der Waals surface area contributed by atoms with E-state index in [1.54, 1.807) is 42.9 Å². The Kier molecular flexibility index (Phi) is 7.35. The lowest BCUT2D eigenvalue weighted by atomic mass is 9.87. The van der Waals surface area contributed by atoms with Crippen molar-refractivity contribution >= 4 is 16.9 Å². The molecule has 0 saturated carbocycles. The van der Waals surface area contributed by atoms with Crippen molar-refractivity contribution in [3.63, 3.8) is 0 Å². The molecule has 6 heterocycles. The van der Waals surface area contributed by atoms with Gasteiger partial charge in [-0.25, -0.2) is 9.51 Å². The molecule has 0 aliphatic carbocycles. The van der Waals surface area contributed by atoms with E-state index in [0.717, 1.165) is 12.3 Å². The highest BCUT2D eigenvalue weighted by atomic mass is 19.4. The van der Waals surface area contributed by atoms with Gasteiger partial charge in [-0.1, -0.05) is 17.8 Å². The molecule has 3 saturated heterocycles. The van der Waals surface area contributed by atoms with Gasteiger partial charge in [0.2, 0.25) is 5.89 Å². The number of piperidine rings is 1. The second-order valence-electron chi connectivity index (χ2n) is 10.7. The van der Waals surface area contributed by atoms with Gasteiger partial charge in [0.05, 0.1) is 35.6 Å². The molecule has 3 fully saturated rings. The quantitative estimate of drug-likeness (QED) is 0.245. The number of nitriles is 1. The van der Waals surface area contributed by atoms with Gasteiger partial charge in [-0.05, 0) is 33.3 Å². The fourth-order valence-electron chi connectivity index (χ4n) is 5.01. The lowest BCUT2D eigenvalue weighted by molar-refractivity contribution is -0.146. The van der Waals surface area contributed by atoms with Gasteiger partial charge < -0.3 is 19.3 Å². The minimum absolute atomic E-state index is 0.0545. The van der Waals surface area contributed by atoms with Gasteiger partial charge in [0.1, 0.15) is 24.3 Å². The molecular weight excluding hydrogens is 541 g/mol. The SMILES string of the molecule is C=C/C(=C\N=C(/C)N1CC2CC(C1)N2Cc1nc(C(F)(F)F)no1)c1cc(OCC(C)(C)O)cn2ncc(C#N)c12. The summed E-state index contributed by atoms with van der Waals surface area (Å²) in [6.45, 7) is 10.6. The number of hydrogen-bond donors (Lipinski definition) is 1. The summed E-state index contributed by atoms with van der Waals surface area (Å²) in [5.41, 5.74) is 1.19. The Morgan fingerprint density at radius 1 is 1.34 bits per heavy atom. The highest BCUT2D eigenvalue weighted by Gasteiger charge is 2.46. The zero-order valence-corrected chi connectivity index (χ0v) is 22.8. The van der Waals surface area contributed by atoms with Crippen LogP contribution in [0, 0.1) is 11.3 Å². The summed E-state index contributed by atoms with van der Waals surface area (Å²) < 4.78 is 50.6. The molecular formula is C27H29F3N8O3. The van der Waals surface area contributed by atoms with Crippen molar-refractivity contribution in [3.8, 4) is 11.8 Å². The Morgan fingerprint density at radius 2 is 2.07 bits per heavy atom. The van der Waals surface area contributed by atoms with Gasteiger partial charge in [-0.15, -0.1) is 0 Å². The first-order chi connectivity index (χ1) is 19.4. The van der Waals surface area contributed by atoms with E-state index in [4.69, 9.17) is 9.26 Å². The Balaban J connectivity index is 1.33. The number of aromatic nitrogens is 4. The molecule has 3 aliphatic rings. The highest BCUT2D eigenvalue weighted by Crippen LogP contribution is 2.35. The van der Waals surface area contributed by atoms with E-state index in [0.29, 0.717) is 41.1 Å². The number of allylic oxidation sites excluding steroid dienone is 2. The van der Waals surface area contributed by atoms with Gasteiger partial charge >= 0.3 is 6.18 Å². The number of ether oxygens (including phenoxy) is 1. The van der Waals surface area contributed by atoms with Crippen LogP contribution in [0.5, 0.6) is 5.75 Å². The molecule has 11 nitrogen and oxygen atoms in total. The van der Waals surface area contributed by atoms with Crippen LogP contribution in [-0.2, 0) is 12.7 Å². The van der Waals surface area contributed by atoms with Gasteiger partial charge in [0.25, 0.3) is 5.82 Å². The number of aliphatic hydroxyl groups is 1. The number of amidine groups is 1. The predicted molar refractivity (Wildman–Crippen MR) is 142 cm³/mol. The number of aliphatic imine (C=N–C) groups is 1. The smallest absolute Gasteiger partial charge is 0.455 e. The third-order valence-corrected chi connectivity index (χ3v) is 7.06. The van der Waals surface area contributed by atoms with E-state index < -0.39 is 17.6 Å². The van der Waals surface area contributed by atoms with Gasteiger partial charge in [0, 0.05) is 42.5 Å². The van der Waals surface area contributed by atoms with Crippen LogP contribution in [0.3, 0.4) is 0 Å². The predicted octanol–water partition coefficient (Wildman–Crippen LogP) is 3.66. The zero-order valence-electron chi connectivity index (χ0n) is 22.8. The summed E-state index contributed by atoms with van der Waals surface area (Å²) in [7, 11) is 0. The lowest BCUT2D eigenvalue weighted by Gasteiger charge is -2.56. The van der Waals surface area contributed by atoms with Crippen molar-refractivity contribution in [2.24, 2.45) is 4.99 Å². The number of rotatable bonds is 8. The number of piperazine rings is 1. The molecule has 0 amide bonds. The zero-order chi connectivity index (χ0) is 29.5. The second-order valence-corrected chi connectivity index (χ2v) is 10.7. The summed E-state index contributed by atoms with van der Waals surface area (Å²) in [4.78, 5) is 12.4. The molecule has 2 bridgehead atoms. The molecule has 0 spiro atoms. The topological polar surface area (TPSA) is 128 Å². The summed E-state index contributed by atoms with van der Waals surface area (Å²) in [6, 6.07) is 4.16. The van der Waals surface area contributed by atoms with Gasteiger partial charge in [0.15, 0.2) is 0 Å². The standard InChI is InChI=1S/C27H29F3N8O3/c1-5-17(22-7-21(40-15-26(3,4)39)13-38-24(22)18(8-31)10-33-38)9-32-16(2)36-11-19-6-20(12-36)37(19)14-23-34-25(35-41-23)27(28,29)30/h5,7,9-10,13,19-20,39H,1,6,11-12,14-15H2,2-4H3/b17-9+,32-16+. The third-order valence-electron chi connectivity index (χ3n) is 7.06. The molecule has 3 aromatic heterocycles. The molecule has 1 N–H and O–H groups in total. The Bertz CT molecular complexity index is 1550. The maximum Gasteiger partial charge on any atom is 0.455 e. The van der Waals surface area contributed by atoms with Crippen molar-refractivity contribution in [3.05, 3.63) is 60.2 Å². The lowest BCUT2D eigenvalue weighted by Crippen LogP contribution is -2.68. The van der Waals surface area contributed by atoms with Crippen molar-refractivity contribution in [2.75, 3.05) is 19.7 Å². The first kappa shape index (κ1) is 28.3. The van der Waals surface area contributed by atoms with Crippen LogP contribution in [0.2, 0.25) is 0 Å². The van der Waals surface area contributed by atoms with Crippen LogP contribution in [0.4, 0.5) is 13.2 Å². The van der Waals surface area contributed by atoms with E-state index in [1.165, 1.54) is 6.20 Å². The monoisotopic (exact) mass is 570 g/mol. The number of halogens is 3. The average molecular weight is 571 g/mol. The van der Waals surface area contributed by atoms with E-state index in [1.807, 2.05) is 6.92 Å². The maximum absolute atomic E-state index is 12.8. The number of alkyl halides is 3. The minimum atomic E-state index is -4.64. The highest BCUT2D eigenvalue weighted by molar-refractivity contribution is 5.88. The van der Waals surface area contributed by atoms with Gasteiger partial charge in [-0.2, -0.15) is 28.5 Å². The Labute approximate surface area is 233 Å². The van der Waals surface area contributed by atoms with E-state index in [9.17, 15) is 23.5 Å². The molecule has 2 atom stereocenters. The van der Waals surface area contributed by atoms with Crippen LogP contribution in [0.1, 0.15) is 50.0 Å². The molecule has 14 heteroatoms. The van der Waals surface area contributed by atoms with E-state index in [2.05, 4.69) is 42.7 Å². The molecule has 3 aromatic rings. The normalized spacial score (nSPS) is 20.2. The number of fused-ring (bicyclic) bond motifs is 3. The first-order valence-corrected chi connectivity index (χ1v) is 12.9. The molecule has 6 rings (SSSR count). The van der Waals surface area contributed by atoms with Crippen LogP contribution in [-0.4, -0.2) is 77.9 Å². The van der Waals surface area contributed by atoms with Crippen LogP contribution >= 0.6 is 0 Å². The van der Waals surface area contributed by atoms with Crippen LogP contribution < -0.4 is 4.74 Å². The second kappa shape index (κ2) is 10.6. The number of pyridine rings is 1. The fourth-order valence-corrected chi connectivity index (χ4v) is 5.01. The Hall–Kier alpha value is -4.22. The summed E-state index contributed by atoms with van der Waals surface area (Å²) in [5, 5.41) is 27.0. The number of hydrogen-bond acceptors (Lipinski definition) is 9. The maximum atomic E-state index is 12.8. The number of nitrogens with zero attached hydrogens (tertiary/aromatic N) is 8. The fraction of sp³-hybridized carbons (Fsp3) is 0.444. The summed E-state index contributed by atoms with van der Waals surface area (Å²) in [6.07, 6.45) is 2.70. The molecule has 216 valence electrons. The average Bonchev–Trinajstić information content (AvgIpc) is 3.57. The van der Waals surface area contributed by atoms with Gasteiger partial charge in [-0.3, -0.25) is 4.90 Å². The molecule has 0 aromatic carbocycles. The largest absolute Gasteiger partial charge is 0.489 e. The molecule has 2 unspecified atom stereocenters. The summed E-state index contributed by atoms with van der Waals surface area (Å²) >= 11 is 0. The molecule has 41 heavy (non-hydrogen) atoms. The molecule has 0 radical (unpaired) electrons. The van der Waals surface area contributed by atoms with Crippen LogP contribution in [0.25, 0.3) is 11.1 Å². The molecule has 3 aliphatic heterocycles. The first-order valence-electron chi connectivity index (χ1n) is 12.9. The van der Waals surface area contributed by atoms with E-state index in [-0.39, 0.29) is 31.1 Å². The van der Waals surface area contributed by atoms with Crippen LogP contribution in [0.15, 0.2) is 46.8 Å². The van der Waals surface area contributed by atoms with Crippen molar-refractivity contribution in [1.82, 2.24) is 29.6 Å². The minimum Gasteiger partial charge on any atom is -0.489 e. The third kappa shape index (κ3) is 5.96. The Morgan fingerprint density at radius 3 is 2.68 bits per heavy atom. The van der Waals surface area contributed by atoms with Crippen molar-refractivity contribution in [1.29, 1.82) is 5.26 Å². The van der Waals surface area contributed by atoms with Crippen molar-refractivity contribution < 1.29 is 27.5 Å². The van der Waals surface area contributed by atoms with Crippen molar-refractivity contribution in [2.45, 2.75) is 57.6 Å². The van der Waals surface area contributed by atoms with E-state index >= 15 is 0 Å². The summed E-state index contributed by atoms with van der Waals surface area (Å²) in [5.74, 6) is -0.107.